The molecule has 3 aromatic rings. The van der Waals surface area contributed by atoms with Gasteiger partial charge in [-0.15, -0.1) is 0 Å². The molecule has 0 atom stereocenters. The fourth-order valence-corrected chi connectivity index (χ4v) is 3.58. The van der Waals surface area contributed by atoms with E-state index in [1.165, 1.54) is 0 Å². The van der Waals surface area contributed by atoms with Crippen molar-refractivity contribution in [3.05, 3.63) is 65.5 Å². The fraction of sp³-hybridized carbons (Fsp3) is 0.348. The molecule has 2 heterocycles. The molecular formula is C23H26N4O3. The summed E-state index contributed by atoms with van der Waals surface area (Å²) >= 11 is 0. The van der Waals surface area contributed by atoms with Gasteiger partial charge in [0, 0.05) is 37.3 Å². The van der Waals surface area contributed by atoms with Crippen molar-refractivity contribution in [3.8, 4) is 17.1 Å². The van der Waals surface area contributed by atoms with Gasteiger partial charge in [0.2, 0.25) is 11.7 Å². The summed E-state index contributed by atoms with van der Waals surface area (Å²) in [5.74, 6) is 2.03. The zero-order chi connectivity index (χ0) is 20.9. The molecule has 0 saturated carbocycles. The molecule has 1 fully saturated rings. The summed E-state index contributed by atoms with van der Waals surface area (Å²) in [6.07, 6.45) is 0.914. The number of benzene rings is 2. The quantitative estimate of drug-likeness (QED) is 0.647. The van der Waals surface area contributed by atoms with E-state index in [4.69, 9.17) is 9.26 Å². The van der Waals surface area contributed by atoms with E-state index in [9.17, 15) is 4.79 Å². The average molecular weight is 406 g/mol. The molecule has 0 bridgehead atoms. The zero-order valence-electron chi connectivity index (χ0n) is 17.4. The summed E-state index contributed by atoms with van der Waals surface area (Å²) in [4.78, 5) is 21.5. The lowest BCUT2D eigenvalue weighted by atomic mass is 10.1. The van der Waals surface area contributed by atoms with Crippen LogP contribution < -0.4 is 4.74 Å². The van der Waals surface area contributed by atoms with E-state index in [0.717, 1.165) is 48.5 Å². The van der Waals surface area contributed by atoms with E-state index in [0.29, 0.717) is 24.8 Å². The summed E-state index contributed by atoms with van der Waals surface area (Å²) in [7, 11) is 1.64. The van der Waals surface area contributed by atoms with Crippen LogP contribution in [0.15, 0.2) is 53.1 Å². The van der Waals surface area contributed by atoms with Crippen LogP contribution in [0, 0.1) is 6.92 Å². The third kappa shape index (κ3) is 4.68. The van der Waals surface area contributed by atoms with Gasteiger partial charge in [0.15, 0.2) is 0 Å². The number of aryl methyl sites for hydroxylation is 1. The zero-order valence-corrected chi connectivity index (χ0v) is 17.4. The molecule has 0 N–H and O–H groups in total. The van der Waals surface area contributed by atoms with Gasteiger partial charge in [0.25, 0.3) is 5.91 Å². The van der Waals surface area contributed by atoms with Crippen molar-refractivity contribution < 1.29 is 14.1 Å². The van der Waals surface area contributed by atoms with Crippen molar-refractivity contribution in [3.63, 3.8) is 0 Å². The first kappa shape index (κ1) is 20.1. The highest BCUT2D eigenvalue weighted by Crippen LogP contribution is 2.20. The summed E-state index contributed by atoms with van der Waals surface area (Å²) < 4.78 is 10.6. The maximum Gasteiger partial charge on any atom is 0.253 e. The predicted molar refractivity (Wildman–Crippen MR) is 113 cm³/mol. The third-order valence-electron chi connectivity index (χ3n) is 5.35. The topological polar surface area (TPSA) is 71.7 Å². The first-order valence-electron chi connectivity index (χ1n) is 10.2. The normalized spacial score (nSPS) is 15.1. The van der Waals surface area contributed by atoms with Crippen LogP contribution in [-0.2, 0) is 6.54 Å². The molecule has 1 aliphatic heterocycles. The maximum atomic E-state index is 12.8. The Morgan fingerprint density at radius 2 is 1.80 bits per heavy atom. The van der Waals surface area contributed by atoms with Crippen molar-refractivity contribution in [2.75, 3.05) is 33.3 Å². The van der Waals surface area contributed by atoms with Crippen LogP contribution >= 0.6 is 0 Å². The Balaban J connectivity index is 1.35. The van der Waals surface area contributed by atoms with Gasteiger partial charge >= 0.3 is 0 Å². The van der Waals surface area contributed by atoms with Crippen LogP contribution in [-0.4, -0.2) is 59.1 Å². The van der Waals surface area contributed by atoms with Crippen molar-refractivity contribution in [1.29, 1.82) is 0 Å². The summed E-state index contributed by atoms with van der Waals surface area (Å²) in [6.45, 7) is 5.71. The molecule has 2 aromatic carbocycles. The number of ether oxygens (including phenoxy) is 1. The van der Waals surface area contributed by atoms with Gasteiger partial charge < -0.3 is 14.2 Å². The molecule has 1 aromatic heterocycles. The first-order valence-corrected chi connectivity index (χ1v) is 10.2. The Morgan fingerprint density at radius 3 is 2.53 bits per heavy atom. The summed E-state index contributed by atoms with van der Waals surface area (Å²) in [5, 5.41) is 4.10. The molecule has 7 heteroatoms. The third-order valence-corrected chi connectivity index (χ3v) is 5.35. The minimum absolute atomic E-state index is 0.0939. The van der Waals surface area contributed by atoms with Crippen LogP contribution in [0.2, 0.25) is 0 Å². The molecule has 7 nitrogen and oxygen atoms in total. The molecule has 1 saturated heterocycles. The van der Waals surface area contributed by atoms with Gasteiger partial charge in [-0.25, -0.2) is 0 Å². The largest absolute Gasteiger partial charge is 0.497 e. The van der Waals surface area contributed by atoms with E-state index in [2.05, 4.69) is 15.0 Å². The Hall–Kier alpha value is -3.19. The fourth-order valence-electron chi connectivity index (χ4n) is 3.58. The monoisotopic (exact) mass is 406 g/mol. The molecule has 4 rings (SSSR count). The average Bonchev–Trinajstić information content (AvgIpc) is 3.11. The van der Waals surface area contributed by atoms with Gasteiger partial charge in [0.05, 0.1) is 13.7 Å². The Bertz CT molecular complexity index is 982. The van der Waals surface area contributed by atoms with Gasteiger partial charge in [-0.05, 0) is 49.7 Å². The van der Waals surface area contributed by atoms with Crippen LogP contribution in [0.3, 0.4) is 0 Å². The van der Waals surface area contributed by atoms with Crippen molar-refractivity contribution >= 4 is 5.91 Å². The van der Waals surface area contributed by atoms with E-state index in [1.54, 1.807) is 7.11 Å². The number of carbonyl (C=O) groups excluding carboxylic acids is 1. The molecule has 1 amide bonds. The second-order valence-corrected chi connectivity index (χ2v) is 7.53. The second-order valence-electron chi connectivity index (χ2n) is 7.53. The van der Waals surface area contributed by atoms with Crippen LogP contribution in [0.4, 0.5) is 0 Å². The molecule has 0 unspecified atom stereocenters. The van der Waals surface area contributed by atoms with Gasteiger partial charge in [-0.2, -0.15) is 4.98 Å². The van der Waals surface area contributed by atoms with Crippen LogP contribution in [0.5, 0.6) is 5.75 Å². The first-order chi connectivity index (χ1) is 14.6. The molecule has 0 aliphatic carbocycles. The molecule has 1 aliphatic rings. The minimum atomic E-state index is 0.0939. The molecule has 0 spiro atoms. The van der Waals surface area contributed by atoms with Crippen molar-refractivity contribution in [1.82, 2.24) is 19.9 Å². The number of methoxy groups -OCH3 is 1. The van der Waals surface area contributed by atoms with E-state index < -0.39 is 0 Å². The second kappa shape index (κ2) is 9.09. The minimum Gasteiger partial charge on any atom is -0.497 e. The number of carbonyl (C=O) groups is 1. The van der Waals surface area contributed by atoms with Crippen molar-refractivity contribution in [2.24, 2.45) is 0 Å². The van der Waals surface area contributed by atoms with Gasteiger partial charge in [-0.3, -0.25) is 9.69 Å². The van der Waals surface area contributed by atoms with Crippen LogP contribution in [0.1, 0.15) is 28.2 Å². The smallest absolute Gasteiger partial charge is 0.253 e. The maximum absolute atomic E-state index is 12.8. The number of nitrogens with zero attached hydrogens (tertiary/aromatic N) is 4. The summed E-state index contributed by atoms with van der Waals surface area (Å²) in [5.41, 5.74) is 2.79. The molecular weight excluding hydrogens is 380 g/mol. The molecule has 0 radical (unpaired) electrons. The van der Waals surface area contributed by atoms with E-state index >= 15 is 0 Å². The standard InChI is InChI=1S/C23H26N4O3/c1-17-4-6-19(7-5-17)23(28)27-13-3-12-26(14-15-27)16-21-24-22(25-30-21)18-8-10-20(29-2)11-9-18/h4-11H,3,12-16H2,1-2H3. The number of hydrogen-bond donors (Lipinski definition) is 0. The Labute approximate surface area is 176 Å². The Morgan fingerprint density at radius 1 is 1.03 bits per heavy atom. The highest BCUT2D eigenvalue weighted by atomic mass is 16.5. The lowest BCUT2D eigenvalue weighted by molar-refractivity contribution is 0.0760. The number of amides is 1. The molecule has 30 heavy (non-hydrogen) atoms. The Kier molecular flexibility index (Phi) is 6.09. The highest BCUT2D eigenvalue weighted by Gasteiger charge is 2.21. The lowest BCUT2D eigenvalue weighted by Gasteiger charge is -2.21. The molecule has 156 valence electrons. The van der Waals surface area contributed by atoms with E-state index in [1.807, 2.05) is 60.4 Å². The lowest BCUT2D eigenvalue weighted by Crippen LogP contribution is -2.35. The van der Waals surface area contributed by atoms with Crippen LogP contribution in [0.25, 0.3) is 11.4 Å². The SMILES string of the molecule is COc1ccc(-c2noc(CN3CCCN(C(=O)c4ccc(C)cc4)CC3)n2)cc1. The van der Waals surface area contributed by atoms with E-state index in [-0.39, 0.29) is 5.91 Å². The number of rotatable bonds is 5. The van der Waals surface area contributed by atoms with Gasteiger partial charge in [0.1, 0.15) is 5.75 Å². The predicted octanol–water partition coefficient (Wildman–Crippen LogP) is 3.40. The number of hydrogen-bond acceptors (Lipinski definition) is 6. The summed E-state index contributed by atoms with van der Waals surface area (Å²) in [6, 6.07) is 15.3. The van der Waals surface area contributed by atoms with Crippen molar-refractivity contribution in [2.45, 2.75) is 19.9 Å². The highest BCUT2D eigenvalue weighted by molar-refractivity contribution is 5.94. The number of aromatic nitrogens is 2. The van der Waals surface area contributed by atoms with Gasteiger partial charge in [-0.1, -0.05) is 22.9 Å².